The van der Waals surface area contributed by atoms with Gasteiger partial charge in [0.05, 0.1) is 0 Å². The number of nitrogens with one attached hydrogen (secondary N) is 1. The van der Waals surface area contributed by atoms with E-state index in [-0.39, 0.29) is 5.91 Å². The first-order valence-corrected chi connectivity index (χ1v) is 7.86. The molecule has 18 heavy (non-hydrogen) atoms. The van der Waals surface area contributed by atoms with Gasteiger partial charge in [-0.25, -0.2) is 5.84 Å². The van der Waals surface area contributed by atoms with Crippen molar-refractivity contribution in [2.45, 2.75) is 26.0 Å². The van der Waals surface area contributed by atoms with Crippen molar-refractivity contribution in [1.29, 1.82) is 0 Å². The van der Waals surface area contributed by atoms with Gasteiger partial charge in [0.15, 0.2) is 0 Å². The zero-order valence-corrected chi connectivity index (χ0v) is 13.1. The lowest BCUT2D eigenvalue weighted by molar-refractivity contribution is 0.0953. The summed E-state index contributed by atoms with van der Waals surface area (Å²) in [5, 5.41) is 0. The summed E-state index contributed by atoms with van der Waals surface area (Å²) in [5.74, 6) is 7.70. The number of hydrogen-bond acceptors (Lipinski definition) is 3. The minimum atomic E-state index is -0.269. The van der Waals surface area contributed by atoms with Crippen LogP contribution >= 0.6 is 27.7 Å². The summed E-state index contributed by atoms with van der Waals surface area (Å²) in [7, 11) is 0. The molecule has 3 nitrogen and oxygen atoms in total. The highest BCUT2D eigenvalue weighted by Gasteiger charge is 2.07. The van der Waals surface area contributed by atoms with Crippen LogP contribution in [0.4, 0.5) is 0 Å². The number of benzene rings is 1. The first-order chi connectivity index (χ1) is 8.54. The summed E-state index contributed by atoms with van der Waals surface area (Å²) in [6.07, 6.45) is 1.23. The second-order valence-corrected chi connectivity index (χ2v) is 6.47. The molecule has 1 rings (SSSR count). The van der Waals surface area contributed by atoms with Crippen LogP contribution in [-0.4, -0.2) is 11.7 Å². The van der Waals surface area contributed by atoms with Crippen molar-refractivity contribution < 1.29 is 4.79 Å². The zero-order chi connectivity index (χ0) is 13.5. The topological polar surface area (TPSA) is 55.1 Å². The van der Waals surface area contributed by atoms with Crippen LogP contribution in [0, 0.1) is 5.92 Å². The minimum absolute atomic E-state index is 0.269. The molecule has 0 aliphatic carbocycles. The lowest BCUT2D eigenvalue weighted by atomic mass is 10.1. The van der Waals surface area contributed by atoms with Crippen LogP contribution in [0.5, 0.6) is 0 Å². The van der Waals surface area contributed by atoms with Gasteiger partial charge in [0, 0.05) is 15.8 Å². The molecule has 0 saturated carbocycles. The largest absolute Gasteiger partial charge is 0.290 e. The van der Waals surface area contributed by atoms with Gasteiger partial charge in [-0.05, 0) is 35.8 Å². The second-order valence-electron chi connectivity index (χ2n) is 4.51. The van der Waals surface area contributed by atoms with E-state index in [0.29, 0.717) is 5.56 Å². The van der Waals surface area contributed by atoms with Gasteiger partial charge < -0.3 is 0 Å². The number of amides is 1. The molecule has 0 spiro atoms. The average Bonchev–Trinajstić information content (AvgIpc) is 2.34. The van der Waals surface area contributed by atoms with Gasteiger partial charge in [0.1, 0.15) is 0 Å². The molecular weight excluding hydrogens is 312 g/mol. The fourth-order valence-electron chi connectivity index (χ4n) is 1.39. The van der Waals surface area contributed by atoms with Crippen molar-refractivity contribution in [3.63, 3.8) is 0 Å². The fourth-order valence-corrected chi connectivity index (χ4v) is 3.35. The summed E-state index contributed by atoms with van der Waals surface area (Å²) >= 11 is 5.41. The number of hydrogen-bond donors (Lipinski definition) is 2. The van der Waals surface area contributed by atoms with Crippen molar-refractivity contribution in [2.24, 2.45) is 11.8 Å². The summed E-state index contributed by atoms with van der Waals surface area (Å²) < 4.78 is 0.959. The van der Waals surface area contributed by atoms with Crippen LogP contribution in [0.15, 0.2) is 22.7 Å². The van der Waals surface area contributed by atoms with Crippen molar-refractivity contribution in [2.75, 3.05) is 5.75 Å². The maximum Gasteiger partial charge on any atom is 0.265 e. The molecule has 3 N–H and O–H groups in total. The maximum atomic E-state index is 11.4. The molecule has 0 aromatic heterocycles. The van der Waals surface area contributed by atoms with E-state index in [1.165, 1.54) is 12.0 Å². The molecule has 0 aliphatic rings. The van der Waals surface area contributed by atoms with Crippen molar-refractivity contribution in [3.8, 4) is 0 Å². The summed E-state index contributed by atoms with van der Waals surface area (Å²) in [5.41, 5.74) is 3.90. The highest BCUT2D eigenvalue weighted by molar-refractivity contribution is 9.10. The molecule has 1 aromatic carbocycles. The molecule has 1 aromatic rings. The first kappa shape index (κ1) is 15.5. The number of nitrogens with two attached hydrogens (primary N) is 1. The van der Waals surface area contributed by atoms with E-state index >= 15 is 0 Å². The van der Waals surface area contributed by atoms with Crippen LogP contribution < -0.4 is 11.3 Å². The lowest BCUT2D eigenvalue weighted by Gasteiger charge is -2.08. The molecule has 0 bridgehead atoms. The Balaban J connectivity index is 2.55. The third-order valence-corrected chi connectivity index (χ3v) is 4.32. The predicted octanol–water partition coefficient (Wildman–Crippen LogP) is 3.33. The Labute approximate surface area is 121 Å². The molecule has 0 saturated heterocycles. The number of carbonyl (C=O) groups is 1. The number of halogens is 1. The second kappa shape index (κ2) is 7.81. The Morgan fingerprint density at radius 3 is 2.78 bits per heavy atom. The average molecular weight is 331 g/mol. The summed E-state index contributed by atoms with van der Waals surface area (Å²) in [4.78, 5) is 11.4. The zero-order valence-electron chi connectivity index (χ0n) is 10.7. The standard InChI is InChI=1S/C13H19BrN2OS/c1-9(2)5-6-18-8-11-4-3-10(7-12(11)14)13(17)16-15/h3-4,7,9H,5-6,8,15H2,1-2H3,(H,16,17). The van der Waals surface area contributed by atoms with Crippen molar-refractivity contribution in [1.82, 2.24) is 5.43 Å². The first-order valence-electron chi connectivity index (χ1n) is 5.91. The van der Waals surface area contributed by atoms with Crippen LogP contribution in [-0.2, 0) is 5.75 Å². The molecule has 0 heterocycles. The Kier molecular flexibility index (Phi) is 6.75. The lowest BCUT2D eigenvalue weighted by Crippen LogP contribution is -2.29. The summed E-state index contributed by atoms with van der Waals surface area (Å²) in [6, 6.07) is 5.57. The van der Waals surface area contributed by atoms with Gasteiger partial charge in [-0.1, -0.05) is 35.8 Å². The Morgan fingerprint density at radius 1 is 1.50 bits per heavy atom. The molecule has 0 atom stereocenters. The van der Waals surface area contributed by atoms with Crippen LogP contribution in [0.2, 0.25) is 0 Å². The number of nitrogen functional groups attached to an aromatic ring is 1. The molecule has 0 aliphatic heterocycles. The molecule has 1 amide bonds. The normalized spacial score (nSPS) is 10.7. The molecule has 100 valence electrons. The van der Waals surface area contributed by atoms with Gasteiger partial charge >= 0.3 is 0 Å². The summed E-state index contributed by atoms with van der Waals surface area (Å²) in [6.45, 7) is 4.47. The SMILES string of the molecule is CC(C)CCSCc1ccc(C(=O)NN)cc1Br. The minimum Gasteiger partial charge on any atom is -0.290 e. The molecule has 0 unspecified atom stereocenters. The monoisotopic (exact) mass is 330 g/mol. The van der Waals surface area contributed by atoms with E-state index in [1.54, 1.807) is 12.1 Å². The highest BCUT2D eigenvalue weighted by Crippen LogP contribution is 2.24. The van der Waals surface area contributed by atoms with E-state index < -0.39 is 0 Å². The van der Waals surface area contributed by atoms with E-state index in [2.05, 4.69) is 35.2 Å². The van der Waals surface area contributed by atoms with Gasteiger partial charge in [0.2, 0.25) is 0 Å². The fraction of sp³-hybridized carbons (Fsp3) is 0.462. The van der Waals surface area contributed by atoms with Gasteiger partial charge in [-0.3, -0.25) is 10.2 Å². The van der Waals surface area contributed by atoms with E-state index in [1.807, 2.05) is 17.8 Å². The van der Waals surface area contributed by atoms with E-state index in [0.717, 1.165) is 21.9 Å². The van der Waals surface area contributed by atoms with Crippen LogP contribution in [0.1, 0.15) is 36.2 Å². The highest BCUT2D eigenvalue weighted by atomic mass is 79.9. The number of carbonyl (C=O) groups excluding carboxylic acids is 1. The Hall–Kier alpha value is -0.520. The third kappa shape index (κ3) is 5.00. The van der Waals surface area contributed by atoms with E-state index in [4.69, 9.17) is 5.84 Å². The van der Waals surface area contributed by atoms with Crippen LogP contribution in [0.3, 0.4) is 0 Å². The Morgan fingerprint density at radius 2 is 2.22 bits per heavy atom. The number of hydrazine groups is 1. The Bertz CT molecular complexity index is 410. The molecular formula is C13H19BrN2OS. The molecule has 5 heteroatoms. The van der Waals surface area contributed by atoms with Gasteiger partial charge in [0.25, 0.3) is 5.91 Å². The maximum absolute atomic E-state index is 11.4. The van der Waals surface area contributed by atoms with Crippen LogP contribution in [0.25, 0.3) is 0 Å². The third-order valence-electron chi connectivity index (χ3n) is 2.54. The molecule has 0 fully saturated rings. The van der Waals surface area contributed by atoms with Gasteiger partial charge in [-0.2, -0.15) is 11.8 Å². The molecule has 0 radical (unpaired) electrons. The van der Waals surface area contributed by atoms with Crippen molar-refractivity contribution in [3.05, 3.63) is 33.8 Å². The number of rotatable bonds is 6. The smallest absolute Gasteiger partial charge is 0.265 e. The van der Waals surface area contributed by atoms with Gasteiger partial charge in [-0.15, -0.1) is 0 Å². The number of thioether (sulfide) groups is 1. The quantitative estimate of drug-likeness (QED) is 0.364. The van der Waals surface area contributed by atoms with Crippen molar-refractivity contribution >= 4 is 33.6 Å². The van der Waals surface area contributed by atoms with E-state index in [9.17, 15) is 4.79 Å². The predicted molar refractivity (Wildman–Crippen MR) is 81.4 cm³/mol.